The predicted octanol–water partition coefficient (Wildman–Crippen LogP) is 16.4. The van der Waals surface area contributed by atoms with Crippen molar-refractivity contribution >= 4 is 17.1 Å². The average molecular weight is 766 g/mol. The van der Waals surface area contributed by atoms with E-state index in [1.807, 2.05) is 0 Å². The maximum atomic E-state index is 2.53. The Hall–Kier alpha value is -5.66. The monoisotopic (exact) mass is 765 g/mol. The fourth-order valence-corrected chi connectivity index (χ4v) is 12.0. The van der Waals surface area contributed by atoms with Crippen molar-refractivity contribution in [3.8, 4) is 44.5 Å². The van der Waals surface area contributed by atoms with Gasteiger partial charge in [0, 0.05) is 22.5 Å². The molecule has 2 bridgehead atoms. The molecular formula is C58H55N. The smallest absolute Gasteiger partial charge is 0.0467 e. The first kappa shape index (κ1) is 36.4. The molecule has 0 saturated heterocycles. The van der Waals surface area contributed by atoms with Crippen LogP contribution in [0.4, 0.5) is 17.1 Å². The number of fused-ring (bicyclic) bond motifs is 5. The second-order valence-corrected chi connectivity index (χ2v) is 18.7. The topological polar surface area (TPSA) is 3.24 Å². The molecule has 0 radical (unpaired) electrons. The summed E-state index contributed by atoms with van der Waals surface area (Å²) >= 11 is 0. The SMILES string of the molecule is CC1(C)c2cc(N(c3ccc(C4CC5CCC4C5)cc3)c3cccc(-c4ccccc4C4CCCCC4)c3)ccc2-c2cccc(-c3ccc(-c4ccccc4)cc3)c21. The summed E-state index contributed by atoms with van der Waals surface area (Å²) in [6.45, 7) is 4.86. The highest BCUT2D eigenvalue weighted by Crippen LogP contribution is 2.55. The second kappa shape index (κ2) is 14.9. The van der Waals surface area contributed by atoms with E-state index < -0.39 is 0 Å². The summed E-state index contributed by atoms with van der Waals surface area (Å²) in [4.78, 5) is 2.53. The first-order valence-corrected chi connectivity index (χ1v) is 22.5. The third-order valence-corrected chi connectivity index (χ3v) is 15.0. The highest BCUT2D eigenvalue weighted by Gasteiger charge is 2.41. The lowest BCUT2D eigenvalue weighted by Crippen LogP contribution is -2.17. The minimum Gasteiger partial charge on any atom is -0.310 e. The molecule has 3 unspecified atom stereocenters. The maximum absolute atomic E-state index is 2.53. The summed E-state index contributed by atoms with van der Waals surface area (Å²) in [6.07, 6.45) is 12.3. The molecule has 7 aromatic carbocycles. The standard InChI is InChI=1S/C58H55N/c1-58(2)56-38-49(33-34-53(56)54-22-12-21-52(57(54)58)43-27-25-41(26-28-43)40-13-5-3-6-14-40)59(47-31-29-44(30-32-47)55-36-39-23-24-46(55)35-39)48-18-11-17-45(37-48)51-20-10-9-19-50(51)42-15-7-4-8-16-42/h3,5-6,9-14,17-22,25-34,37-39,42,46,55H,4,7-8,15-16,23-24,35-36H2,1-2H3. The van der Waals surface area contributed by atoms with E-state index in [1.165, 1.54) is 142 Å². The fraction of sp³-hybridized carbons (Fsp3) is 0.276. The number of hydrogen-bond donors (Lipinski definition) is 0. The largest absolute Gasteiger partial charge is 0.310 e. The minimum absolute atomic E-state index is 0.187. The van der Waals surface area contributed by atoms with Crippen LogP contribution in [0.2, 0.25) is 0 Å². The molecule has 59 heavy (non-hydrogen) atoms. The minimum atomic E-state index is -0.187. The Kier molecular flexibility index (Phi) is 9.18. The van der Waals surface area contributed by atoms with Crippen molar-refractivity contribution in [3.63, 3.8) is 0 Å². The maximum Gasteiger partial charge on any atom is 0.0467 e. The third-order valence-electron chi connectivity index (χ3n) is 15.0. The van der Waals surface area contributed by atoms with Crippen LogP contribution in [0.1, 0.15) is 106 Å². The fourth-order valence-electron chi connectivity index (χ4n) is 12.0. The predicted molar refractivity (Wildman–Crippen MR) is 249 cm³/mol. The molecule has 4 aliphatic rings. The average Bonchev–Trinajstić information content (AvgIpc) is 4.00. The molecule has 3 fully saturated rings. The molecule has 0 aliphatic heterocycles. The van der Waals surface area contributed by atoms with Crippen molar-refractivity contribution in [2.75, 3.05) is 4.90 Å². The number of benzene rings is 7. The highest BCUT2D eigenvalue weighted by atomic mass is 15.1. The van der Waals surface area contributed by atoms with Gasteiger partial charge in [0.1, 0.15) is 0 Å². The Bertz CT molecular complexity index is 2630. The van der Waals surface area contributed by atoms with E-state index in [1.54, 1.807) is 0 Å². The van der Waals surface area contributed by atoms with E-state index in [0.29, 0.717) is 5.92 Å². The van der Waals surface area contributed by atoms with Gasteiger partial charge in [-0.2, -0.15) is 0 Å². The van der Waals surface area contributed by atoms with Crippen LogP contribution in [0, 0.1) is 11.8 Å². The van der Waals surface area contributed by atoms with Crippen LogP contribution in [-0.4, -0.2) is 0 Å². The molecule has 292 valence electrons. The van der Waals surface area contributed by atoms with Gasteiger partial charge in [-0.15, -0.1) is 0 Å². The van der Waals surface area contributed by atoms with Crippen LogP contribution in [0.5, 0.6) is 0 Å². The summed E-state index contributed by atoms with van der Waals surface area (Å²) in [6, 6.07) is 62.4. The van der Waals surface area contributed by atoms with Crippen LogP contribution >= 0.6 is 0 Å². The van der Waals surface area contributed by atoms with Crippen molar-refractivity contribution < 1.29 is 0 Å². The number of nitrogens with zero attached hydrogens (tertiary/aromatic N) is 1. The van der Waals surface area contributed by atoms with Crippen LogP contribution < -0.4 is 4.90 Å². The molecule has 4 aliphatic carbocycles. The molecule has 7 aromatic rings. The van der Waals surface area contributed by atoms with Crippen LogP contribution in [0.3, 0.4) is 0 Å². The van der Waals surface area contributed by atoms with Gasteiger partial charge < -0.3 is 4.90 Å². The van der Waals surface area contributed by atoms with Crippen molar-refractivity contribution in [3.05, 3.63) is 186 Å². The molecule has 1 heteroatoms. The van der Waals surface area contributed by atoms with E-state index in [4.69, 9.17) is 0 Å². The van der Waals surface area contributed by atoms with Crippen molar-refractivity contribution in [1.29, 1.82) is 0 Å². The number of rotatable bonds is 8. The summed E-state index contributed by atoms with van der Waals surface area (Å²) in [5, 5.41) is 0. The lowest BCUT2D eigenvalue weighted by Gasteiger charge is -2.30. The van der Waals surface area contributed by atoms with Gasteiger partial charge in [-0.05, 0) is 159 Å². The van der Waals surface area contributed by atoms with Crippen LogP contribution in [0.25, 0.3) is 44.5 Å². The molecule has 3 saturated carbocycles. The van der Waals surface area contributed by atoms with Gasteiger partial charge in [0.25, 0.3) is 0 Å². The first-order chi connectivity index (χ1) is 29.0. The van der Waals surface area contributed by atoms with Gasteiger partial charge in [0.2, 0.25) is 0 Å². The Labute approximate surface area is 351 Å². The second-order valence-electron chi connectivity index (χ2n) is 18.7. The van der Waals surface area contributed by atoms with E-state index in [9.17, 15) is 0 Å². The van der Waals surface area contributed by atoms with Gasteiger partial charge in [0.15, 0.2) is 0 Å². The van der Waals surface area contributed by atoms with Gasteiger partial charge in [-0.25, -0.2) is 0 Å². The molecule has 11 rings (SSSR count). The summed E-state index contributed by atoms with van der Waals surface area (Å²) in [5.74, 6) is 3.17. The zero-order valence-corrected chi connectivity index (χ0v) is 34.7. The normalized spacial score (nSPS) is 20.3. The Morgan fingerprint density at radius 2 is 1.12 bits per heavy atom. The lowest BCUT2D eigenvalue weighted by atomic mass is 9.78. The molecule has 0 aromatic heterocycles. The van der Waals surface area contributed by atoms with Gasteiger partial charge in [0.05, 0.1) is 0 Å². The van der Waals surface area contributed by atoms with E-state index in [0.717, 1.165) is 17.8 Å². The molecule has 0 heterocycles. The molecule has 0 amide bonds. The van der Waals surface area contributed by atoms with E-state index in [-0.39, 0.29) is 5.41 Å². The Morgan fingerprint density at radius 3 is 1.90 bits per heavy atom. The lowest BCUT2D eigenvalue weighted by molar-refractivity contribution is 0.420. The quantitative estimate of drug-likeness (QED) is 0.149. The molecule has 0 N–H and O–H groups in total. The van der Waals surface area contributed by atoms with Crippen molar-refractivity contribution in [1.82, 2.24) is 0 Å². The molecule has 1 nitrogen and oxygen atoms in total. The number of hydrogen-bond acceptors (Lipinski definition) is 1. The van der Waals surface area contributed by atoms with Gasteiger partial charge in [-0.3, -0.25) is 0 Å². The Morgan fingerprint density at radius 1 is 0.458 bits per heavy atom. The van der Waals surface area contributed by atoms with Crippen molar-refractivity contribution in [2.24, 2.45) is 11.8 Å². The Balaban J connectivity index is 0.995. The summed E-state index contributed by atoms with van der Waals surface area (Å²) < 4.78 is 0. The number of anilines is 3. The van der Waals surface area contributed by atoms with Crippen LogP contribution in [0.15, 0.2) is 164 Å². The summed E-state index contributed by atoms with van der Waals surface area (Å²) in [7, 11) is 0. The third kappa shape index (κ3) is 6.46. The summed E-state index contributed by atoms with van der Waals surface area (Å²) in [5.41, 5.74) is 19.8. The molecule has 3 atom stereocenters. The van der Waals surface area contributed by atoms with Gasteiger partial charge >= 0.3 is 0 Å². The first-order valence-electron chi connectivity index (χ1n) is 22.5. The van der Waals surface area contributed by atoms with Gasteiger partial charge in [-0.1, -0.05) is 167 Å². The zero-order valence-electron chi connectivity index (χ0n) is 34.7. The zero-order chi connectivity index (χ0) is 39.5. The highest BCUT2D eigenvalue weighted by molar-refractivity contribution is 5.91. The molecular weight excluding hydrogens is 711 g/mol. The molecule has 0 spiro atoms. The van der Waals surface area contributed by atoms with E-state index >= 15 is 0 Å². The van der Waals surface area contributed by atoms with Crippen molar-refractivity contribution in [2.45, 2.75) is 88.9 Å². The van der Waals surface area contributed by atoms with Crippen LogP contribution in [-0.2, 0) is 5.41 Å². The van der Waals surface area contributed by atoms with E-state index in [2.05, 4.69) is 183 Å².